The summed E-state index contributed by atoms with van der Waals surface area (Å²) < 4.78 is 29.7. The third-order valence-corrected chi connectivity index (χ3v) is 25.7. The van der Waals surface area contributed by atoms with E-state index in [1.807, 2.05) is 86.9 Å². The van der Waals surface area contributed by atoms with E-state index in [9.17, 15) is 19.2 Å². The summed E-state index contributed by atoms with van der Waals surface area (Å²) in [5, 5.41) is 49.3. The topological polar surface area (TPSA) is 455 Å². The van der Waals surface area contributed by atoms with E-state index in [0.29, 0.717) is 82.0 Å². The van der Waals surface area contributed by atoms with E-state index in [1.165, 1.54) is 61.7 Å². The lowest BCUT2D eigenvalue weighted by molar-refractivity contribution is 0.0538. The Kier molecular flexibility index (Phi) is 39.5. The molecule has 3 unspecified atom stereocenters. The second kappa shape index (κ2) is 51.6. The Morgan fingerprint density at radius 3 is 1.05 bits per heavy atom. The van der Waals surface area contributed by atoms with Gasteiger partial charge in [0.15, 0.2) is 23.4 Å². The highest BCUT2D eigenvalue weighted by Crippen LogP contribution is 2.48. The third-order valence-electron chi connectivity index (χ3n) is 25.7. The van der Waals surface area contributed by atoms with Crippen molar-refractivity contribution in [3.05, 3.63) is 163 Å². The van der Waals surface area contributed by atoms with Gasteiger partial charge >= 0.3 is 24.4 Å². The van der Waals surface area contributed by atoms with Gasteiger partial charge in [0.25, 0.3) is 0 Å². The van der Waals surface area contributed by atoms with E-state index in [-0.39, 0.29) is 61.6 Å². The maximum absolute atomic E-state index is 12.8. The van der Waals surface area contributed by atoms with Crippen molar-refractivity contribution in [2.75, 3.05) is 117 Å². The number of piperazine rings is 3. The van der Waals surface area contributed by atoms with Gasteiger partial charge in [-0.2, -0.15) is 35.3 Å². The summed E-state index contributed by atoms with van der Waals surface area (Å²) in [7, 11) is 0. The molecule has 6 aliphatic rings. The van der Waals surface area contributed by atoms with Gasteiger partial charge in [0.2, 0.25) is 29.8 Å². The summed E-state index contributed by atoms with van der Waals surface area (Å²) in [6.45, 7) is 42.3. The minimum atomic E-state index is -0.839. The minimum absolute atomic E-state index is 0. The van der Waals surface area contributed by atoms with E-state index < -0.39 is 46.8 Å². The largest absolute Gasteiger partial charge is 0.444 e. The molecule has 9 N–H and O–H groups in total. The van der Waals surface area contributed by atoms with Crippen molar-refractivity contribution in [3.63, 3.8) is 0 Å². The second-order valence-corrected chi connectivity index (χ2v) is 46.3. The minimum Gasteiger partial charge on any atom is -0.444 e. The average molecular weight is 2390 g/mol. The SMILES string of the molecule is C.CC(C)(C)OC(=O)N=C(NC(=O)OC(C)(C)C)n1cccn1.CCC(C)n1ncc2nc(N3CCN(C(=N)N)CC3)nc(N[C@@H](c3cnc4ccccc4c3)C3CC3)c21.CCC(C)n1ncc2nc(N3CCN(C(=NC(=O)OC(C)(C)C)NC(=O)OC(C)(C)C)CC3)nc(N[C@@H](c3cnc4ccccc4c3)C3CC3)c21.CCC(C)n1ncc2nc(N3CCNCC3)nc(N[C@@H](c3cnc4ccccc4c3)C3CC3)c21.CI.ICI. The number of para-hydroxylation sites is 3. The first-order valence-corrected chi connectivity index (χ1v) is 56.5. The third kappa shape index (κ3) is 31.2. The summed E-state index contributed by atoms with van der Waals surface area (Å²) in [6, 6.07) is 34.1. The van der Waals surface area contributed by atoms with Gasteiger partial charge < -0.3 is 70.4 Å². The first-order valence-electron chi connectivity index (χ1n) is 51.3. The number of nitrogens with two attached hydrogens (primary N) is 1. The van der Waals surface area contributed by atoms with Gasteiger partial charge in [0.05, 0.1) is 55.7 Å². The number of nitrogens with one attached hydrogen (secondary N) is 7. The van der Waals surface area contributed by atoms with Crippen molar-refractivity contribution < 1.29 is 38.1 Å². The number of pyridine rings is 3. The fourth-order valence-electron chi connectivity index (χ4n) is 17.4. The molecule has 13 aromatic rings. The number of halogens is 3. The molecule has 3 aliphatic carbocycles. The Labute approximate surface area is 919 Å². The molecule has 0 bridgehead atoms. The van der Waals surface area contributed by atoms with Crippen LogP contribution in [0.4, 0.5) is 54.5 Å². The zero-order valence-corrected chi connectivity index (χ0v) is 95.3. The Morgan fingerprint density at radius 2 is 0.747 bits per heavy atom. The molecule has 804 valence electrons. The number of hydrogen-bond acceptors (Lipinski definition) is 29. The number of amides is 4. The predicted molar refractivity (Wildman–Crippen MR) is 621 cm³/mol. The van der Waals surface area contributed by atoms with Crippen LogP contribution in [-0.2, 0) is 18.9 Å². The van der Waals surface area contributed by atoms with Crippen LogP contribution in [0, 0.1) is 23.2 Å². The summed E-state index contributed by atoms with van der Waals surface area (Å²) in [5.41, 5.74) is 14.7. The molecule has 19 rings (SSSR count). The number of guanidine groups is 2. The van der Waals surface area contributed by atoms with Gasteiger partial charge in [-0.05, 0) is 243 Å². The highest BCUT2D eigenvalue weighted by Gasteiger charge is 2.40. The van der Waals surface area contributed by atoms with Crippen LogP contribution >= 0.6 is 67.8 Å². The zero-order chi connectivity index (χ0) is 107. The van der Waals surface area contributed by atoms with E-state index in [2.05, 4.69) is 241 Å². The lowest BCUT2D eigenvalue weighted by atomic mass is 10.0. The number of carbonyl (C=O) groups excluding carboxylic acids is 4. The second-order valence-electron chi connectivity index (χ2n) is 41.8. The number of nitrogens with zero attached hydrogens (tertiary/aromatic N) is 24. The number of aromatic nitrogens is 17. The number of rotatable bonds is 21. The van der Waals surface area contributed by atoms with Crippen LogP contribution in [0.15, 0.2) is 157 Å². The molecule has 10 aromatic heterocycles. The highest BCUT2D eigenvalue weighted by molar-refractivity contribution is 14.2. The van der Waals surface area contributed by atoms with Gasteiger partial charge in [-0.1, -0.05) is 151 Å². The van der Waals surface area contributed by atoms with Crippen LogP contribution in [0.3, 0.4) is 0 Å². The van der Waals surface area contributed by atoms with E-state index >= 15 is 0 Å². The van der Waals surface area contributed by atoms with Crippen LogP contribution in [-0.4, -0.2) is 244 Å². The standard InChI is InChI=1S/C37H50N10O4.C27H34N10.C26H32N8.C14H22N4O4.CH2I2.CH3I.CH4/c1-9-23(2)47-30-28(22-39-47)40-32(42-31(30)41-29(24-14-15-24)26-20-25-12-10-11-13-27(25)38-21-26)45-16-18-46(19-17-45)33(43-34(48)50-36(3,4)5)44-35(49)51-37(6,7)8;1-3-17(2)37-24-22(16-31-37)32-27(36-12-10-35(11-13-36)26(28)29)34-25(24)33-23(18-8-9-18)20-14-19-6-4-5-7-21(19)30-15-20;1-3-17(2)34-24-22(16-29-34)30-26(33-12-10-27-11-13-33)32-25(24)31-23(18-8-9-18)20-14-19-6-4-5-7-21(19)28-15-20;1-13(2,3)21-11(19)16-10(18-9-7-8-15-18)17-12(20)22-14(4,5)6;2-1-3;1-2;/h10-13,20-24,29H,9,14-19H2,1-8H3,(H,40,41,42)(H,43,44,48,49);4-7,14-18,23H,3,8-13H2,1-2H3,(H3,28,29)(H,32,33,34);4-7,14-18,23,27H,3,8-13H2,1-2H3,(H,30,31,32);7-9H,1-6H3,(H,16,17,19,20);1H2;1H3;1H4/t23?,29-;2*17?,23-;;;;/m111..../s1. The van der Waals surface area contributed by atoms with Crippen molar-refractivity contribution in [2.45, 2.75) is 248 Å². The number of alkyl halides is 3. The molecule has 6 atom stereocenters. The Morgan fingerprint density at radius 1 is 0.433 bits per heavy atom. The Hall–Kier alpha value is -12.4. The molecule has 43 heteroatoms. The molecular weight excluding hydrogens is 2240 g/mol. The van der Waals surface area contributed by atoms with E-state index in [4.69, 9.17) is 90.2 Å². The highest BCUT2D eigenvalue weighted by atomic mass is 127. The van der Waals surface area contributed by atoms with E-state index in [1.54, 1.807) is 89.2 Å². The Balaban J connectivity index is 0.000000170. The first-order chi connectivity index (χ1) is 71.3. The number of aliphatic imine (C=N–C) groups is 2. The molecule has 40 nitrogen and oxygen atoms in total. The number of anilines is 6. The zero-order valence-electron chi connectivity index (χ0n) is 88.8. The number of fused-ring (bicyclic) bond motifs is 6. The van der Waals surface area contributed by atoms with Gasteiger partial charge in [-0.25, -0.2) is 38.8 Å². The van der Waals surface area contributed by atoms with Gasteiger partial charge in [0, 0.05) is 144 Å². The Bertz CT molecular complexity index is 6800. The number of alkyl carbamates (subject to hydrolysis) is 2. The number of benzene rings is 3. The van der Waals surface area contributed by atoms with Crippen LogP contribution in [0.1, 0.15) is 243 Å². The molecule has 3 saturated carbocycles. The predicted octanol–water partition coefficient (Wildman–Crippen LogP) is 21.1. The maximum atomic E-state index is 12.8. The molecule has 0 spiro atoms. The molecular formula is C107H147I3N32O8. The van der Waals surface area contributed by atoms with Gasteiger partial charge in [0.1, 0.15) is 55.5 Å². The van der Waals surface area contributed by atoms with Crippen molar-refractivity contribution >= 4 is 211 Å². The molecule has 150 heavy (non-hydrogen) atoms. The van der Waals surface area contributed by atoms with Crippen LogP contribution in [0.2, 0.25) is 0 Å². The van der Waals surface area contributed by atoms with Crippen molar-refractivity contribution in [3.8, 4) is 0 Å². The lowest BCUT2D eigenvalue weighted by Gasteiger charge is -2.36. The molecule has 3 saturated heterocycles. The summed E-state index contributed by atoms with van der Waals surface area (Å²) in [4.78, 5) is 114. The van der Waals surface area contributed by atoms with Crippen LogP contribution < -0.4 is 52.3 Å². The maximum Gasteiger partial charge on any atom is 0.437 e. The van der Waals surface area contributed by atoms with E-state index in [0.717, 1.165) is 148 Å². The number of ether oxygens (including phenoxy) is 4. The average Bonchev–Trinajstić information content (AvgIpc) is 1.61. The fourth-order valence-corrected chi connectivity index (χ4v) is 17.4. The molecule has 13 heterocycles. The molecule has 6 fully saturated rings. The molecule has 3 aliphatic heterocycles. The molecule has 4 amide bonds. The summed E-state index contributed by atoms with van der Waals surface area (Å²) in [6.07, 6.45) is 21.4. The fraction of sp³-hybridized carbons (Fsp3) is 0.514. The summed E-state index contributed by atoms with van der Waals surface area (Å²) in [5.74, 6) is 6.14. The van der Waals surface area contributed by atoms with Gasteiger partial charge in [-0.15, -0.1) is 9.98 Å². The molecule has 0 radical (unpaired) electrons. The lowest BCUT2D eigenvalue weighted by Crippen LogP contribution is -2.54. The monoisotopic (exact) mass is 2390 g/mol. The van der Waals surface area contributed by atoms with Crippen molar-refractivity contribution in [1.82, 2.24) is 110 Å². The normalized spacial score (nSPS) is 16.3. The quantitative estimate of drug-likeness (QED) is 0.0109. The summed E-state index contributed by atoms with van der Waals surface area (Å²) >= 11 is 6.70. The molecule has 3 aromatic carbocycles. The number of hydrogen-bond donors (Lipinski definition) is 8. The van der Waals surface area contributed by atoms with Crippen molar-refractivity contribution in [1.29, 1.82) is 5.41 Å². The van der Waals surface area contributed by atoms with Gasteiger partial charge in [-0.3, -0.25) is 45.0 Å². The smallest absolute Gasteiger partial charge is 0.437 e. The number of carbonyl (C=O) groups is 4. The van der Waals surface area contributed by atoms with Crippen molar-refractivity contribution in [2.24, 2.45) is 33.5 Å². The first kappa shape index (κ1) is 115. The van der Waals surface area contributed by atoms with Crippen LogP contribution in [0.5, 0.6) is 0 Å². The van der Waals surface area contributed by atoms with Crippen LogP contribution in [0.25, 0.3) is 65.8 Å².